The van der Waals surface area contributed by atoms with Crippen LogP contribution in [0.2, 0.25) is 0 Å². The predicted molar refractivity (Wildman–Crippen MR) is 175 cm³/mol. The van der Waals surface area contributed by atoms with Crippen LogP contribution in [-0.4, -0.2) is 37.1 Å². The normalized spacial score (nSPS) is 10.4. The molecule has 0 radical (unpaired) electrons. The van der Waals surface area contributed by atoms with Gasteiger partial charge in [0, 0.05) is 6.08 Å². The molecular formula is C38H36O9. The van der Waals surface area contributed by atoms with Gasteiger partial charge in [0.05, 0.1) is 29.9 Å². The maximum absolute atomic E-state index is 12.7. The van der Waals surface area contributed by atoms with E-state index in [1.54, 1.807) is 61.5 Å². The van der Waals surface area contributed by atoms with Crippen molar-refractivity contribution in [2.45, 2.75) is 39.5 Å². The van der Waals surface area contributed by atoms with Crippen molar-refractivity contribution in [2.75, 3.05) is 13.2 Å². The monoisotopic (exact) mass is 636 g/mol. The molecule has 47 heavy (non-hydrogen) atoms. The highest BCUT2D eigenvalue weighted by Crippen LogP contribution is 2.26. The lowest BCUT2D eigenvalue weighted by atomic mass is 10.1. The molecule has 0 fully saturated rings. The van der Waals surface area contributed by atoms with Gasteiger partial charge < -0.3 is 23.7 Å². The van der Waals surface area contributed by atoms with Crippen LogP contribution in [0.5, 0.6) is 23.0 Å². The van der Waals surface area contributed by atoms with E-state index in [2.05, 4.69) is 6.58 Å². The van der Waals surface area contributed by atoms with Crippen LogP contribution < -0.4 is 18.9 Å². The summed E-state index contributed by atoms with van der Waals surface area (Å²) in [5.41, 5.74) is 2.70. The molecule has 4 aromatic rings. The zero-order valence-electron chi connectivity index (χ0n) is 26.4. The van der Waals surface area contributed by atoms with Crippen molar-refractivity contribution >= 4 is 23.9 Å². The molecule has 0 amide bonds. The number of unbranched alkanes of at least 4 members (excludes halogenated alkanes) is 3. The molecule has 0 saturated heterocycles. The van der Waals surface area contributed by atoms with Gasteiger partial charge in [0.25, 0.3) is 0 Å². The van der Waals surface area contributed by atoms with Crippen LogP contribution in [0.15, 0.2) is 104 Å². The van der Waals surface area contributed by atoms with Crippen LogP contribution in [0.4, 0.5) is 0 Å². The number of benzene rings is 4. The van der Waals surface area contributed by atoms with E-state index < -0.39 is 23.9 Å². The molecule has 4 aromatic carbocycles. The fourth-order valence-electron chi connectivity index (χ4n) is 4.31. The van der Waals surface area contributed by atoms with Crippen molar-refractivity contribution < 1.29 is 42.9 Å². The molecule has 0 atom stereocenters. The Kier molecular flexibility index (Phi) is 12.4. The number of carbonyl (C=O) groups excluding carboxylic acids is 4. The topological polar surface area (TPSA) is 114 Å². The average Bonchev–Trinajstić information content (AvgIpc) is 3.07. The quantitative estimate of drug-likeness (QED) is 0.0562. The van der Waals surface area contributed by atoms with Crippen LogP contribution in [0.1, 0.15) is 67.9 Å². The molecule has 0 aromatic heterocycles. The zero-order chi connectivity index (χ0) is 33.6. The molecule has 4 rings (SSSR count). The van der Waals surface area contributed by atoms with Gasteiger partial charge in [-0.05, 0) is 124 Å². The molecule has 0 N–H and O–H groups in total. The fourth-order valence-corrected chi connectivity index (χ4v) is 4.31. The Hall–Kier alpha value is -5.70. The minimum absolute atomic E-state index is 0.259. The number of carbonyl (C=O) groups is 4. The van der Waals surface area contributed by atoms with Gasteiger partial charge in [0.15, 0.2) is 0 Å². The number of hydrogen-bond donors (Lipinski definition) is 0. The van der Waals surface area contributed by atoms with E-state index in [9.17, 15) is 19.2 Å². The Morgan fingerprint density at radius 2 is 1.06 bits per heavy atom. The van der Waals surface area contributed by atoms with Crippen molar-refractivity contribution in [2.24, 2.45) is 0 Å². The van der Waals surface area contributed by atoms with Gasteiger partial charge in [-0.1, -0.05) is 24.3 Å². The lowest BCUT2D eigenvalue weighted by Gasteiger charge is -2.10. The molecule has 0 bridgehead atoms. The van der Waals surface area contributed by atoms with Crippen LogP contribution in [0, 0.1) is 13.8 Å². The van der Waals surface area contributed by atoms with E-state index >= 15 is 0 Å². The van der Waals surface area contributed by atoms with Crippen molar-refractivity contribution in [3.63, 3.8) is 0 Å². The first kappa shape index (κ1) is 34.2. The Bertz CT molecular complexity index is 1690. The molecule has 0 aliphatic heterocycles. The molecule has 242 valence electrons. The highest BCUT2D eigenvalue weighted by atomic mass is 16.5. The smallest absolute Gasteiger partial charge is 0.343 e. The maximum Gasteiger partial charge on any atom is 0.343 e. The third kappa shape index (κ3) is 10.7. The van der Waals surface area contributed by atoms with Crippen LogP contribution in [-0.2, 0) is 9.53 Å². The van der Waals surface area contributed by atoms with Crippen molar-refractivity contribution in [3.8, 4) is 23.0 Å². The number of rotatable bonds is 15. The minimum atomic E-state index is -0.601. The summed E-state index contributed by atoms with van der Waals surface area (Å²) in [7, 11) is 0. The van der Waals surface area contributed by atoms with Crippen LogP contribution in [0.3, 0.4) is 0 Å². The number of hydrogen-bond acceptors (Lipinski definition) is 9. The summed E-state index contributed by atoms with van der Waals surface area (Å²) in [6.45, 7) is 7.95. The lowest BCUT2D eigenvalue weighted by Crippen LogP contribution is -2.11. The first-order chi connectivity index (χ1) is 22.7. The summed E-state index contributed by atoms with van der Waals surface area (Å²) < 4.78 is 27.1. The number of esters is 4. The van der Waals surface area contributed by atoms with Crippen molar-refractivity contribution in [1.82, 2.24) is 0 Å². The standard InChI is InChI=1S/C38H36O9/c1-4-35(39)44-24-8-6-5-7-23-43-31-17-13-29(14-18-31)36(40)45-32-19-15-30(16-20-32)37(41)46-33-21-22-34(27(3)25-33)47-38(42)28-11-9-26(2)10-12-28/h4,9-22,25H,1,5-8,23-24H2,2-3H3. The highest BCUT2D eigenvalue weighted by molar-refractivity contribution is 5.93. The molecule has 0 unspecified atom stereocenters. The first-order valence-electron chi connectivity index (χ1n) is 15.2. The van der Waals surface area contributed by atoms with Gasteiger partial charge in [0.2, 0.25) is 0 Å². The van der Waals surface area contributed by atoms with Crippen LogP contribution in [0.25, 0.3) is 0 Å². The molecule has 9 heteroatoms. The number of ether oxygens (including phenoxy) is 5. The van der Waals surface area contributed by atoms with Crippen molar-refractivity contribution in [3.05, 3.63) is 131 Å². The summed E-state index contributed by atoms with van der Waals surface area (Å²) >= 11 is 0. The molecule has 0 saturated carbocycles. The van der Waals surface area contributed by atoms with Gasteiger partial charge in [-0.15, -0.1) is 0 Å². The van der Waals surface area contributed by atoms with Gasteiger partial charge in [0.1, 0.15) is 23.0 Å². The third-order valence-corrected chi connectivity index (χ3v) is 6.96. The maximum atomic E-state index is 12.7. The molecule has 0 aliphatic carbocycles. The zero-order valence-corrected chi connectivity index (χ0v) is 26.4. The second-order valence-electron chi connectivity index (χ2n) is 10.6. The summed E-state index contributed by atoms with van der Waals surface area (Å²) in [4.78, 5) is 48.8. The summed E-state index contributed by atoms with van der Waals surface area (Å²) in [6.07, 6.45) is 4.64. The van der Waals surface area contributed by atoms with Gasteiger partial charge >= 0.3 is 23.9 Å². The van der Waals surface area contributed by atoms with Gasteiger partial charge in [-0.25, -0.2) is 19.2 Å². The third-order valence-electron chi connectivity index (χ3n) is 6.96. The van der Waals surface area contributed by atoms with E-state index in [0.717, 1.165) is 37.3 Å². The lowest BCUT2D eigenvalue weighted by molar-refractivity contribution is -0.137. The highest BCUT2D eigenvalue weighted by Gasteiger charge is 2.15. The second kappa shape index (κ2) is 17.1. The van der Waals surface area contributed by atoms with Gasteiger partial charge in [-0.3, -0.25) is 0 Å². The number of aryl methyl sites for hydroxylation is 2. The Morgan fingerprint density at radius 1 is 0.574 bits per heavy atom. The Morgan fingerprint density at radius 3 is 1.64 bits per heavy atom. The SMILES string of the molecule is C=CC(=O)OCCCCCCOc1ccc(C(=O)Oc2ccc(C(=O)Oc3ccc(OC(=O)c4ccc(C)cc4)c(C)c3)cc2)cc1. The Balaban J connectivity index is 1.20. The average molecular weight is 637 g/mol. The van der Waals surface area contributed by atoms with E-state index in [0.29, 0.717) is 41.4 Å². The van der Waals surface area contributed by atoms with Gasteiger partial charge in [-0.2, -0.15) is 0 Å². The Labute approximate surface area is 273 Å². The van der Waals surface area contributed by atoms with Crippen LogP contribution >= 0.6 is 0 Å². The molecule has 0 aliphatic rings. The molecule has 0 spiro atoms. The summed E-state index contributed by atoms with van der Waals surface area (Å²) in [5, 5.41) is 0. The fraction of sp³-hybridized carbons (Fsp3) is 0.211. The largest absolute Gasteiger partial charge is 0.494 e. The van der Waals surface area contributed by atoms with E-state index in [4.69, 9.17) is 23.7 Å². The molecule has 9 nitrogen and oxygen atoms in total. The summed E-state index contributed by atoms with van der Waals surface area (Å²) in [5.74, 6) is -0.496. The van der Waals surface area contributed by atoms with E-state index in [1.807, 2.05) is 19.1 Å². The molecule has 0 heterocycles. The predicted octanol–water partition coefficient (Wildman–Crippen LogP) is 7.63. The van der Waals surface area contributed by atoms with Crippen molar-refractivity contribution in [1.29, 1.82) is 0 Å². The van der Waals surface area contributed by atoms with E-state index in [1.165, 1.54) is 24.3 Å². The minimum Gasteiger partial charge on any atom is -0.494 e. The second-order valence-corrected chi connectivity index (χ2v) is 10.6. The van der Waals surface area contributed by atoms with E-state index in [-0.39, 0.29) is 17.1 Å². The first-order valence-corrected chi connectivity index (χ1v) is 15.2. The molecular weight excluding hydrogens is 600 g/mol. The summed E-state index contributed by atoms with van der Waals surface area (Å²) in [6, 6.07) is 24.4.